The molecule has 8 heteroatoms. The van der Waals surface area contributed by atoms with Gasteiger partial charge in [0.25, 0.3) is 0 Å². The summed E-state index contributed by atoms with van der Waals surface area (Å²) in [5.74, 6) is 0.411. The van der Waals surface area contributed by atoms with Gasteiger partial charge in [-0.05, 0) is 37.1 Å². The van der Waals surface area contributed by atoms with E-state index in [1.165, 1.54) is 30.0 Å². The molecule has 1 atom stereocenters. The van der Waals surface area contributed by atoms with E-state index in [1.807, 2.05) is 6.92 Å². The Labute approximate surface area is 155 Å². The van der Waals surface area contributed by atoms with E-state index in [9.17, 15) is 9.59 Å². The number of hydrogen-bond donors (Lipinski definition) is 2. The van der Waals surface area contributed by atoms with Crippen molar-refractivity contribution in [3.63, 3.8) is 0 Å². The van der Waals surface area contributed by atoms with Crippen LogP contribution in [0.3, 0.4) is 0 Å². The fourth-order valence-corrected chi connectivity index (χ4v) is 3.96. The number of hydrogen-bond acceptors (Lipinski definition) is 7. The minimum atomic E-state index is -0.266. The van der Waals surface area contributed by atoms with Crippen molar-refractivity contribution in [2.24, 2.45) is 5.92 Å². The van der Waals surface area contributed by atoms with Gasteiger partial charge < -0.3 is 10.6 Å². The van der Waals surface area contributed by atoms with E-state index in [0.29, 0.717) is 17.2 Å². The van der Waals surface area contributed by atoms with E-state index in [-0.39, 0.29) is 16.9 Å². The van der Waals surface area contributed by atoms with Crippen molar-refractivity contribution in [2.45, 2.75) is 37.3 Å². The van der Waals surface area contributed by atoms with Crippen molar-refractivity contribution in [3.05, 3.63) is 29.8 Å². The van der Waals surface area contributed by atoms with Gasteiger partial charge >= 0.3 is 0 Å². The number of amides is 1. The van der Waals surface area contributed by atoms with Crippen LogP contribution in [0, 0.1) is 5.92 Å². The Bertz CT molecular complexity index is 729. The van der Waals surface area contributed by atoms with Gasteiger partial charge in [0.2, 0.25) is 11.0 Å². The Morgan fingerprint density at radius 2 is 1.84 bits per heavy atom. The van der Waals surface area contributed by atoms with Crippen molar-refractivity contribution < 1.29 is 9.59 Å². The molecule has 2 aromatic rings. The van der Waals surface area contributed by atoms with E-state index >= 15 is 0 Å². The number of rotatable bonds is 8. The Hall–Kier alpha value is -1.93. The lowest BCUT2D eigenvalue weighted by molar-refractivity contribution is -0.114. The smallest absolute Gasteiger partial charge is 0.221 e. The fourth-order valence-electron chi connectivity index (χ4n) is 1.98. The third-order valence-electron chi connectivity index (χ3n) is 3.20. The molecule has 1 amide bonds. The van der Waals surface area contributed by atoms with Gasteiger partial charge in [-0.1, -0.05) is 36.9 Å². The predicted molar refractivity (Wildman–Crippen MR) is 104 cm³/mol. The number of Topliss-reactive ketones (excluding diaryl/α,β-unsaturated/α-hetero) is 1. The molecule has 1 heterocycles. The molecule has 1 aromatic carbocycles. The largest absolute Gasteiger partial charge is 0.360 e. The zero-order valence-electron chi connectivity index (χ0n) is 14.7. The van der Waals surface area contributed by atoms with Crippen LogP contribution in [0.2, 0.25) is 0 Å². The van der Waals surface area contributed by atoms with E-state index in [4.69, 9.17) is 0 Å². The average Bonchev–Trinajstić information content (AvgIpc) is 3.00. The summed E-state index contributed by atoms with van der Waals surface area (Å²) in [5, 5.41) is 14.6. The second-order valence-electron chi connectivity index (χ2n) is 6.03. The zero-order valence-corrected chi connectivity index (χ0v) is 16.3. The molecule has 134 valence electrons. The highest BCUT2D eigenvalue weighted by molar-refractivity contribution is 8.02. The van der Waals surface area contributed by atoms with Gasteiger partial charge in [-0.25, -0.2) is 0 Å². The molecule has 0 aliphatic carbocycles. The van der Waals surface area contributed by atoms with E-state index in [2.05, 4.69) is 34.7 Å². The van der Waals surface area contributed by atoms with Crippen LogP contribution in [0.1, 0.15) is 38.1 Å². The molecule has 1 aromatic heterocycles. The molecule has 0 spiro atoms. The quantitative estimate of drug-likeness (QED) is 0.535. The minimum absolute atomic E-state index is 0.0197. The van der Waals surface area contributed by atoms with Crippen molar-refractivity contribution in [1.29, 1.82) is 0 Å². The van der Waals surface area contributed by atoms with Crippen LogP contribution in [-0.2, 0) is 4.79 Å². The third kappa shape index (κ3) is 6.13. The number of anilines is 2. The molecule has 0 aliphatic rings. The van der Waals surface area contributed by atoms with E-state index < -0.39 is 0 Å². The predicted octanol–water partition coefficient (Wildman–Crippen LogP) is 3.93. The Balaban J connectivity index is 1.94. The third-order valence-corrected chi connectivity index (χ3v) is 5.27. The maximum absolute atomic E-state index is 12.5. The Kier molecular flexibility index (Phi) is 6.95. The van der Waals surface area contributed by atoms with Crippen LogP contribution in [0.15, 0.2) is 28.6 Å². The summed E-state index contributed by atoms with van der Waals surface area (Å²) in [7, 11) is 0. The normalized spacial score (nSPS) is 12.0. The lowest BCUT2D eigenvalue weighted by Crippen LogP contribution is -2.13. The first kappa shape index (κ1) is 19.4. The van der Waals surface area contributed by atoms with Crippen LogP contribution < -0.4 is 10.6 Å². The molecule has 0 radical (unpaired) electrons. The van der Waals surface area contributed by atoms with Crippen molar-refractivity contribution in [1.82, 2.24) is 10.2 Å². The summed E-state index contributed by atoms with van der Waals surface area (Å²) < 4.78 is 0.766. The minimum Gasteiger partial charge on any atom is -0.360 e. The van der Waals surface area contributed by atoms with Crippen LogP contribution in [0.4, 0.5) is 10.8 Å². The van der Waals surface area contributed by atoms with Crippen LogP contribution in [0.5, 0.6) is 0 Å². The molecule has 2 N–H and O–H groups in total. The van der Waals surface area contributed by atoms with Crippen LogP contribution >= 0.6 is 23.1 Å². The number of thioether (sulfide) groups is 1. The van der Waals surface area contributed by atoms with E-state index in [1.54, 1.807) is 24.3 Å². The topological polar surface area (TPSA) is 84.0 Å². The van der Waals surface area contributed by atoms with Gasteiger partial charge in [-0.3, -0.25) is 9.59 Å². The van der Waals surface area contributed by atoms with Crippen molar-refractivity contribution in [2.75, 3.05) is 17.2 Å². The fraction of sp³-hybridized carbons (Fsp3) is 0.412. The lowest BCUT2D eigenvalue weighted by atomic mass is 10.1. The van der Waals surface area contributed by atoms with Gasteiger partial charge in [0, 0.05) is 24.7 Å². The first-order valence-electron chi connectivity index (χ1n) is 8.01. The molecule has 0 unspecified atom stereocenters. The lowest BCUT2D eigenvalue weighted by Gasteiger charge is -2.09. The molecule has 25 heavy (non-hydrogen) atoms. The summed E-state index contributed by atoms with van der Waals surface area (Å²) in [5.41, 5.74) is 1.28. The maximum Gasteiger partial charge on any atom is 0.221 e. The molecular weight excluding hydrogens is 356 g/mol. The summed E-state index contributed by atoms with van der Waals surface area (Å²) in [6.45, 7) is 8.40. The second kappa shape index (κ2) is 8.96. The number of carbonyl (C=O) groups is 2. The monoisotopic (exact) mass is 378 g/mol. The summed E-state index contributed by atoms with van der Waals surface area (Å²) in [6, 6.07) is 6.90. The SMILES string of the molecule is CC(=O)Nc1ccc(C(=O)[C@@H](C)Sc2nnc(NCC(C)C)s2)cc1. The summed E-state index contributed by atoms with van der Waals surface area (Å²) in [6.07, 6.45) is 0. The number of nitrogens with one attached hydrogen (secondary N) is 2. The highest BCUT2D eigenvalue weighted by atomic mass is 32.2. The van der Waals surface area contributed by atoms with Crippen LogP contribution in [0.25, 0.3) is 0 Å². The number of carbonyl (C=O) groups excluding carboxylic acids is 2. The molecule has 0 saturated carbocycles. The highest BCUT2D eigenvalue weighted by Gasteiger charge is 2.19. The first-order chi connectivity index (χ1) is 11.8. The Morgan fingerprint density at radius 1 is 1.16 bits per heavy atom. The van der Waals surface area contributed by atoms with Crippen molar-refractivity contribution in [3.8, 4) is 0 Å². The van der Waals surface area contributed by atoms with E-state index in [0.717, 1.165) is 16.0 Å². The summed E-state index contributed by atoms with van der Waals surface area (Å²) >= 11 is 2.86. The van der Waals surface area contributed by atoms with Crippen LogP contribution in [-0.4, -0.2) is 33.7 Å². The van der Waals surface area contributed by atoms with Gasteiger partial charge in [-0.15, -0.1) is 10.2 Å². The van der Waals surface area contributed by atoms with Gasteiger partial charge in [0.1, 0.15) is 0 Å². The van der Waals surface area contributed by atoms with Crippen molar-refractivity contribution >= 4 is 45.6 Å². The molecule has 0 saturated heterocycles. The maximum atomic E-state index is 12.5. The molecule has 0 bridgehead atoms. The molecule has 0 aliphatic heterocycles. The van der Waals surface area contributed by atoms with Gasteiger partial charge in [0.05, 0.1) is 5.25 Å². The Morgan fingerprint density at radius 3 is 2.44 bits per heavy atom. The molecule has 6 nitrogen and oxygen atoms in total. The molecule has 2 rings (SSSR count). The number of nitrogens with zero attached hydrogens (tertiary/aromatic N) is 2. The van der Waals surface area contributed by atoms with Gasteiger partial charge in [0.15, 0.2) is 10.1 Å². The average molecular weight is 379 g/mol. The second-order valence-corrected chi connectivity index (χ2v) is 8.60. The summed E-state index contributed by atoms with van der Waals surface area (Å²) in [4.78, 5) is 23.6. The highest BCUT2D eigenvalue weighted by Crippen LogP contribution is 2.30. The number of ketones is 1. The standard InChI is InChI=1S/C17H22N4O2S2/c1-10(2)9-18-16-20-21-17(25-16)24-11(3)15(23)13-5-7-14(8-6-13)19-12(4)22/h5-8,10-11H,9H2,1-4H3,(H,18,20)(H,19,22)/t11-/m1/s1. The zero-order chi connectivity index (χ0) is 18.4. The number of aromatic nitrogens is 2. The first-order valence-corrected chi connectivity index (χ1v) is 9.70. The number of benzene rings is 1. The molecule has 0 fully saturated rings. The molecular formula is C17H22N4O2S2. The van der Waals surface area contributed by atoms with Gasteiger partial charge in [-0.2, -0.15) is 0 Å².